The summed E-state index contributed by atoms with van der Waals surface area (Å²) < 4.78 is 120. The average Bonchev–Trinajstić information content (AvgIpc) is 3.42. The third-order valence-electron chi connectivity index (χ3n) is 6.66. The van der Waals surface area contributed by atoms with E-state index in [-0.39, 0.29) is 28.7 Å². The molecule has 0 bridgehead atoms. The molecule has 0 fully saturated rings. The fourth-order valence-electron chi connectivity index (χ4n) is 4.47. The van der Waals surface area contributed by atoms with Gasteiger partial charge in [0.25, 0.3) is 0 Å². The molecule has 4 aromatic rings. The minimum atomic E-state index is -5.90. The lowest BCUT2D eigenvalue weighted by Gasteiger charge is -2.23. The summed E-state index contributed by atoms with van der Waals surface area (Å²) in [4.78, 5) is 28.6. The van der Waals surface area contributed by atoms with Crippen LogP contribution < -0.4 is 11.1 Å². The second kappa shape index (κ2) is 9.04. The topological polar surface area (TPSA) is 111 Å². The Labute approximate surface area is 223 Å². The van der Waals surface area contributed by atoms with Crippen molar-refractivity contribution in [1.82, 2.24) is 24.3 Å². The molecule has 3 N–H and O–H groups in total. The number of fused-ring (bicyclic) bond motifs is 2. The van der Waals surface area contributed by atoms with Crippen LogP contribution in [0.15, 0.2) is 36.7 Å². The first-order chi connectivity index (χ1) is 18.9. The largest absolute Gasteiger partial charge is 0.453 e. The van der Waals surface area contributed by atoms with Crippen molar-refractivity contribution in [3.63, 3.8) is 0 Å². The summed E-state index contributed by atoms with van der Waals surface area (Å²) in [7, 11) is 0. The second-order valence-corrected chi connectivity index (χ2v) is 9.37. The standard InChI is InChI=1S/C24H16F9N7O/c1-21(10-2-4-11(25)5-3-10)15-16(34)37-17(38-18(15)39-20(21)41)13-8-40-9-14(23(28,29)30)36-19(40)12(35-13)6-7-22(26,27)24(31,32)33/h2-5,8-9H,6-7H2,1H3,(H3,34,37,38,39,41). The van der Waals surface area contributed by atoms with Gasteiger partial charge in [0.1, 0.15) is 28.6 Å². The average molecular weight is 589 g/mol. The molecule has 1 aliphatic rings. The number of nitrogen functional groups attached to an aromatic ring is 1. The lowest BCUT2D eigenvalue weighted by atomic mass is 9.78. The summed E-state index contributed by atoms with van der Waals surface area (Å²) in [6.45, 7) is 1.48. The molecule has 0 spiro atoms. The molecule has 4 heterocycles. The summed E-state index contributed by atoms with van der Waals surface area (Å²) in [5.41, 5.74) is 2.10. The minimum Gasteiger partial charge on any atom is -0.383 e. The molecule has 0 saturated heterocycles. The van der Waals surface area contributed by atoms with E-state index in [4.69, 9.17) is 5.73 Å². The number of aryl methyl sites for hydroxylation is 1. The number of alkyl halides is 8. The van der Waals surface area contributed by atoms with E-state index in [9.17, 15) is 44.3 Å². The van der Waals surface area contributed by atoms with Gasteiger partial charge >= 0.3 is 18.3 Å². The fourth-order valence-corrected chi connectivity index (χ4v) is 4.47. The Balaban J connectivity index is 1.63. The number of hydrogen-bond acceptors (Lipinski definition) is 6. The van der Waals surface area contributed by atoms with Gasteiger partial charge in [0, 0.05) is 18.8 Å². The Kier molecular flexibility index (Phi) is 6.19. The Morgan fingerprint density at radius 1 is 0.951 bits per heavy atom. The van der Waals surface area contributed by atoms with Crippen molar-refractivity contribution in [2.24, 2.45) is 0 Å². The predicted molar refractivity (Wildman–Crippen MR) is 124 cm³/mol. The van der Waals surface area contributed by atoms with Crippen LogP contribution in [0.4, 0.5) is 51.1 Å². The van der Waals surface area contributed by atoms with Gasteiger partial charge in [0.2, 0.25) is 5.91 Å². The first-order valence-electron chi connectivity index (χ1n) is 11.6. The van der Waals surface area contributed by atoms with Crippen LogP contribution >= 0.6 is 0 Å². The smallest absolute Gasteiger partial charge is 0.383 e. The monoisotopic (exact) mass is 589 g/mol. The van der Waals surface area contributed by atoms with Gasteiger partial charge < -0.3 is 15.5 Å². The number of aromatic nitrogens is 5. The first-order valence-corrected chi connectivity index (χ1v) is 11.6. The number of rotatable bonds is 5. The predicted octanol–water partition coefficient (Wildman–Crippen LogP) is 5.31. The summed E-state index contributed by atoms with van der Waals surface area (Å²) in [5.74, 6) is -7.10. The third kappa shape index (κ3) is 4.67. The van der Waals surface area contributed by atoms with E-state index in [1.54, 1.807) is 0 Å². The molecule has 1 unspecified atom stereocenters. The van der Waals surface area contributed by atoms with Gasteiger partial charge in [0.15, 0.2) is 17.2 Å². The molecule has 1 amide bonds. The van der Waals surface area contributed by atoms with Crippen molar-refractivity contribution < 1.29 is 44.3 Å². The fraction of sp³-hybridized carbons (Fsp3) is 0.292. The number of imidazole rings is 1. The normalized spacial score (nSPS) is 17.7. The number of carbonyl (C=O) groups is 1. The van der Waals surface area contributed by atoms with Crippen LogP contribution in [0.3, 0.4) is 0 Å². The highest BCUT2D eigenvalue weighted by molar-refractivity contribution is 6.09. The van der Waals surface area contributed by atoms with E-state index < -0.39 is 65.3 Å². The Hall–Kier alpha value is -4.44. The summed E-state index contributed by atoms with van der Waals surface area (Å²) >= 11 is 0. The van der Waals surface area contributed by atoms with Crippen LogP contribution in [-0.4, -0.2) is 42.3 Å². The maximum absolute atomic E-state index is 13.6. The van der Waals surface area contributed by atoms with Gasteiger partial charge in [-0.2, -0.15) is 35.1 Å². The number of nitrogens with zero attached hydrogens (tertiary/aromatic N) is 5. The van der Waals surface area contributed by atoms with E-state index in [0.717, 1.165) is 22.7 Å². The molecule has 0 aliphatic carbocycles. The van der Waals surface area contributed by atoms with Crippen LogP contribution in [0.5, 0.6) is 0 Å². The molecule has 3 aromatic heterocycles. The number of nitrogens with two attached hydrogens (primary N) is 1. The Morgan fingerprint density at radius 3 is 2.22 bits per heavy atom. The molecule has 17 heteroatoms. The zero-order valence-electron chi connectivity index (χ0n) is 20.5. The molecule has 0 saturated carbocycles. The van der Waals surface area contributed by atoms with Crippen LogP contribution in [-0.2, 0) is 22.8 Å². The quantitative estimate of drug-likeness (QED) is 0.305. The molecule has 1 aliphatic heterocycles. The van der Waals surface area contributed by atoms with E-state index >= 15 is 0 Å². The zero-order chi connectivity index (χ0) is 30.1. The van der Waals surface area contributed by atoms with E-state index in [0.29, 0.717) is 11.8 Å². The highest BCUT2D eigenvalue weighted by Crippen LogP contribution is 2.45. The number of anilines is 2. The number of amides is 1. The summed E-state index contributed by atoms with van der Waals surface area (Å²) in [6.07, 6.45) is -12.4. The van der Waals surface area contributed by atoms with Crippen LogP contribution in [0.25, 0.3) is 17.2 Å². The highest BCUT2D eigenvalue weighted by atomic mass is 19.4. The molecule has 41 heavy (non-hydrogen) atoms. The van der Waals surface area contributed by atoms with Gasteiger partial charge in [-0.1, -0.05) is 12.1 Å². The maximum atomic E-state index is 13.6. The minimum absolute atomic E-state index is 0.103. The van der Waals surface area contributed by atoms with Gasteiger partial charge in [0.05, 0.1) is 11.3 Å². The Bertz CT molecular complexity index is 1680. The van der Waals surface area contributed by atoms with Crippen molar-refractivity contribution in [3.8, 4) is 11.5 Å². The molecule has 5 rings (SSSR count). The van der Waals surface area contributed by atoms with Crippen molar-refractivity contribution in [3.05, 3.63) is 65.0 Å². The molecule has 1 atom stereocenters. The van der Waals surface area contributed by atoms with E-state index in [1.807, 2.05) is 0 Å². The van der Waals surface area contributed by atoms with Gasteiger partial charge in [-0.3, -0.25) is 4.79 Å². The third-order valence-corrected chi connectivity index (χ3v) is 6.66. The molecule has 1 aromatic carbocycles. The first kappa shape index (κ1) is 28.1. The second-order valence-electron chi connectivity index (χ2n) is 9.37. The van der Waals surface area contributed by atoms with E-state index in [1.165, 1.54) is 19.1 Å². The number of nitrogens with one attached hydrogen (secondary N) is 1. The maximum Gasteiger partial charge on any atom is 0.453 e. The number of benzene rings is 1. The summed E-state index contributed by atoms with van der Waals surface area (Å²) in [6, 6.07) is 4.96. The molecular formula is C24H16F9N7O. The zero-order valence-corrected chi connectivity index (χ0v) is 20.5. The number of halogens is 9. The lowest BCUT2D eigenvalue weighted by Crippen LogP contribution is -2.36. The van der Waals surface area contributed by atoms with Crippen molar-refractivity contribution >= 4 is 23.2 Å². The summed E-state index contributed by atoms with van der Waals surface area (Å²) in [5, 5.41) is 2.51. The molecule has 0 radical (unpaired) electrons. The number of carbonyl (C=O) groups excluding carboxylic acids is 1. The van der Waals surface area contributed by atoms with Crippen molar-refractivity contribution in [2.45, 2.75) is 43.5 Å². The van der Waals surface area contributed by atoms with Crippen molar-refractivity contribution in [1.29, 1.82) is 0 Å². The lowest BCUT2D eigenvalue weighted by molar-refractivity contribution is -0.284. The molecule has 216 valence electrons. The van der Waals surface area contributed by atoms with Gasteiger partial charge in [-0.05, 0) is 31.0 Å². The number of hydrogen-bond donors (Lipinski definition) is 2. The van der Waals surface area contributed by atoms with Gasteiger partial charge in [-0.15, -0.1) is 0 Å². The van der Waals surface area contributed by atoms with Crippen LogP contribution in [0, 0.1) is 5.82 Å². The van der Waals surface area contributed by atoms with Crippen molar-refractivity contribution in [2.75, 3.05) is 11.1 Å². The molecular weight excluding hydrogens is 573 g/mol. The highest BCUT2D eigenvalue weighted by Gasteiger charge is 2.56. The van der Waals surface area contributed by atoms with Crippen LogP contribution in [0.1, 0.15) is 35.9 Å². The molecule has 8 nitrogen and oxygen atoms in total. The SMILES string of the molecule is CC1(c2ccc(F)cc2)C(=O)Nc2nc(-c3cn4cc(C(F)(F)F)nc4c(CCC(F)(F)C(F)(F)F)n3)nc(N)c21. The Morgan fingerprint density at radius 2 is 1.61 bits per heavy atom. The van der Waals surface area contributed by atoms with Crippen LogP contribution in [0.2, 0.25) is 0 Å². The van der Waals surface area contributed by atoms with Gasteiger partial charge in [-0.25, -0.2) is 24.3 Å². The van der Waals surface area contributed by atoms with E-state index in [2.05, 4.69) is 25.3 Å².